The van der Waals surface area contributed by atoms with E-state index < -0.39 is 0 Å². The lowest BCUT2D eigenvalue weighted by molar-refractivity contribution is 0.411. The zero-order valence-corrected chi connectivity index (χ0v) is 9.99. The molecule has 17 heavy (non-hydrogen) atoms. The zero-order chi connectivity index (χ0) is 12.4. The van der Waals surface area contributed by atoms with E-state index in [2.05, 4.69) is 10.2 Å². The highest BCUT2D eigenvalue weighted by molar-refractivity contribution is 5.65. The smallest absolute Gasteiger partial charge is 0.127 e. The molecular weight excluding hydrogens is 219 g/mol. The second-order valence-electron chi connectivity index (χ2n) is 3.88. The van der Waals surface area contributed by atoms with Gasteiger partial charge in [0, 0.05) is 11.6 Å². The Morgan fingerprint density at radius 1 is 1.18 bits per heavy atom. The number of hydrogen-bond acceptors (Lipinski definition) is 3. The summed E-state index contributed by atoms with van der Waals surface area (Å²) >= 11 is 0. The van der Waals surface area contributed by atoms with Crippen LogP contribution in [-0.4, -0.2) is 17.3 Å². The first-order valence-electron chi connectivity index (χ1n) is 5.25. The predicted octanol–water partition coefficient (Wildman–Crippen LogP) is 2.91. The van der Waals surface area contributed by atoms with Gasteiger partial charge in [0.05, 0.1) is 19.0 Å². The van der Waals surface area contributed by atoms with Crippen molar-refractivity contribution in [1.82, 2.24) is 10.2 Å². The molecular formula is C13H13FN2O. The van der Waals surface area contributed by atoms with E-state index in [1.165, 1.54) is 19.2 Å². The van der Waals surface area contributed by atoms with E-state index in [1.807, 2.05) is 13.8 Å². The Kier molecular flexibility index (Phi) is 3.04. The van der Waals surface area contributed by atoms with Crippen molar-refractivity contribution in [2.75, 3.05) is 7.11 Å². The second kappa shape index (κ2) is 4.49. The number of halogens is 1. The fourth-order valence-corrected chi connectivity index (χ4v) is 1.62. The minimum atomic E-state index is -0.345. The van der Waals surface area contributed by atoms with Gasteiger partial charge in [0.2, 0.25) is 0 Å². The van der Waals surface area contributed by atoms with Crippen molar-refractivity contribution >= 4 is 0 Å². The van der Waals surface area contributed by atoms with Crippen molar-refractivity contribution in [3.05, 3.63) is 41.3 Å². The number of hydrogen-bond donors (Lipinski definition) is 0. The molecule has 0 fully saturated rings. The van der Waals surface area contributed by atoms with Crippen molar-refractivity contribution in [1.29, 1.82) is 0 Å². The summed E-state index contributed by atoms with van der Waals surface area (Å²) in [7, 11) is 1.51. The quantitative estimate of drug-likeness (QED) is 0.798. The van der Waals surface area contributed by atoms with E-state index in [-0.39, 0.29) is 5.82 Å². The van der Waals surface area contributed by atoms with Crippen LogP contribution in [0.5, 0.6) is 5.75 Å². The van der Waals surface area contributed by atoms with Gasteiger partial charge in [0.1, 0.15) is 11.6 Å². The average molecular weight is 232 g/mol. The largest absolute Gasteiger partial charge is 0.497 e. The highest BCUT2D eigenvalue weighted by Crippen LogP contribution is 2.26. The van der Waals surface area contributed by atoms with Crippen LogP contribution in [0, 0.1) is 19.7 Å². The molecule has 0 aliphatic rings. The number of methoxy groups -OCH3 is 1. The van der Waals surface area contributed by atoms with Gasteiger partial charge in [0.15, 0.2) is 0 Å². The van der Waals surface area contributed by atoms with Crippen LogP contribution in [-0.2, 0) is 0 Å². The van der Waals surface area contributed by atoms with Crippen LogP contribution in [0.25, 0.3) is 11.3 Å². The summed E-state index contributed by atoms with van der Waals surface area (Å²) in [5, 5.41) is 7.95. The van der Waals surface area contributed by atoms with Crippen molar-refractivity contribution < 1.29 is 9.13 Å². The van der Waals surface area contributed by atoms with Gasteiger partial charge in [-0.25, -0.2) is 4.39 Å². The molecule has 88 valence electrons. The Hall–Kier alpha value is -1.97. The highest BCUT2D eigenvalue weighted by atomic mass is 19.1. The van der Waals surface area contributed by atoms with Gasteiger partial charge in [-0.2, -0.15) is 10.2 Å². The topological polar surface area (TPSA) is 35.0 Å². The fourth-order valence-electron chi connectivity index (χ4n) is 1.62. The predicted molar refractivity (Wildman–Crippen MR) is 63.5 cm³/mol. The van der Waals surface area contributed by atoms with E-state index >= 15 is 0 Å². The first-order chi connectivity index (χ1) is 8.11. The Bertz CT molecular complexity index is 555. The third-order valence-corrected chi connectivity index (χ3v) is 2.74. The Balaban J connectivity index is 2.60. The highest BCUT2D eigenvalue weighted by Gasteiger charge is 2.09. The summed E-state index contributed by atoms with van der Waals surface area (Å²) in [6.07, 6.45) is 1.69. The molecule has 0 spiro atoms. The van der Waals surface area contributed by atoms with Gasteiger partial charge in [-0.1, -0.05) is 0 Å². The number of rotatable bonds is 2. The van der Waals surface area contributed by atoms with Crippen LogP contribution in [0.4, 0.5) is 4.39 Å². The molecule has 1 aromatic carbocycles. The van der Waals surface area contributed by atoms with Crippen LogP contribution in [0.2, 0.25) is 0 Å². The molecule has 0 bridgehead atoms. The average Bonchev–Trinajstić information content (AvgIpc) is 2.31. The third kappa shape index (κ3) is 2.25. The lowest BCUT2D eigenvalue weighted by atomic mass is 10.0. The van der Waals surface area contributed by atoms with Crippen molar-refractivity contribution in [3.63, 3.8) is 0 Å². The maximum atomic E-state index is 13.4. The minimum absolute atomic E-state index is 0.345. The van der Waals surface area contributed by atoms with Gasteiger partial charge in [0.25, 0.3) is 0 Å². The zero-order valence-electron chi connectivity index (χ0n) is 9.99. The van der Waals surface area contributed by atoms with E-state index in [0.29, 0.717) is 17.0 Å². The van der Waals surface area contributed by atoms with E-state index in [4.69, 9.17) is 4.74 Å². The van der Waals surface area contributed by atoms with Crippen LogP contribution in [0.15, 0.2) is 24.4 Å². The van der Waals surface area contributed by atoms with Gasteiger partial charge in [-0.15, -0.1) is 0 Å². The molecule has 0 aliphatic carbocycles. The minimum Gasteiger partial charge on any atom is -0.497 e. The van der Waals surface area contributed by atoms with Gasteiger partial charge in [-0.3, -0.25) is 0 Å². The fraction of sp³-hybridized carbons (Fsp3) is 0.231. The molecule has 1 aromatic heterocycles. The lowest BCUT2D eigenvalue weighted by Gasteiger charge is -2.08. The van der Waals surface area contributed by atoms with Crippen molar-refractivity contribution in [2.45, 2.75) is 13.8 Å². The molecule has 0 N–H and O–H groups in total. The van der Waals surface area contributed by atoms with Crippen LogP contribution in [0.3, 0.4) is 0 Å². The third-order valence-electron chi connectivity index (χ3n) is 2.74. The van der Waals surface area contributed by atoms with Crippen LogP contribution >= 0.6 is 0 Å². The Morgan fingerprint density at radius 2 is 1.94 bits per heavy atom. The van der Waals surface area contributed by atoms with Crippen LogP contribution < -0.4 is 4.74 Å². The van der Waals surface area contributed by atoms with Gasteiger partial charge < -0.3 is 4.74 Å². The van der Waals surface area contributed by atoms with Crippen molar-refractivity contribution in [3.8, 4) is 17.0 Å². The number of aryl methyl sites for hydroxylation is 1. The SMILES string of the molecule is COc1cc(F)cc(-c2nncc(C)c2C)c1. The molecule has 0 radical (unpaired) electrons. The molecule has 2 aromatic rings. The van der Waals surface area contributed by atoms with Gasteiger partial charge in [-0.05, 0) is 37.1 Å². The summed E-state index contributed by atoms with van der Waals surface area (Å²) in [5.41, 5.74) is 3.38. The Morgan fingerprint density at radius 3 is 2.65 bits per heavy atom. The molecule has 0 saturated carbocycles. The summed E-state index contributed by atoms with van der Waals surface area (Å²) in [6, 6.07) is 4.51. The van der Waals surface area contributed by atoms with Gasteiger partial charge >= 0.3 is 0 Å². The Labute approximate surface area is 99.3 Å². The molecule has 3 nitrogen and oxygen atoms in total. The molecule has 2 rings (SSSR count). The normalized spacial score (nSPS) is 10.4. The van der Waals surface area contributed by atoms with Crippen LogP contribution in [0.1, 0.15) is 11.1 Å². The van der Waals surface area contributed by atoms with E-state index in [9.17, 15) is 4.39 Å². The molecule has 0 saturated heterocycles. The summed E-state index contributed by atoms with van der Waals surface area (Å²) < 4.78 is 18.4. The number of nitrogens with zero attached hydrogens (tertiary/aromatic N) is 2. The van der Waals surface area contributed by atoms with E-state index in [0.717, 1.165) is 11.1 Å². The lowest BCUT2D eigenvalue weighted by Crippen LogP contribution is -1.95. The molecule has 4 heteroatoms. The maximum absolute atomic E-state index is 13.4. The molecule has 0 aliphatic heterocycles. The summed E-state index contributed by atoms with van der Waals surface area (Å²) in [4.78, 5) is 0. The number of aromatic nitrogens is 2. The van der Waals surface area contributed by atoms with E-state index in [1.54, 1.807) is 12.3 Å². The monoisotopic (exact) mass is 232 g/mol. The second-order valence-corrected chi connectivity index (χ2v) is 3.88. The van der Waals surface area contributed by atoms with Crippen molar-refractivity contribution in [2.24, 2.45) is 0 Å². The number of ether oxygens (including phenoxy) is 1. The maximum Gasteiger partial charge on any atom is 0.127 e. The molecule has 0 amide bonds. The molecule has 0 atom stereocenters. The first kappa shape index (κ1) is 11.5. The summed E-state index contributed by atoms with van der Waals surface area (Å²) in [5.74, 6) is 0.129. The molecule has 0 unspecified atom stereocenters. The standard InChI is InChI=1S/C13H13FN2O/c1-8-7-15-16-13(9(8)2)10-4-11(14)6-12(5-10)17-3/h4-7H,1-3H3. The number of benzene rings is 1. The summed E-state index contributed by atoms with van der Waals surface area (Å²) in [6.45, 7) is 3.89. The molecule has 1 heterocycles. The first-order valence-corrected chi connectivity index (χ1v) is 5.25.